The maximum absolute atomic E-state index is 13.5. The molecule has 1 aliphatic heterocycles. The van der Waals surface area contributed by atoms with Crippen molar-refractivity contribution in [1.82, 2.24) is 4.98 Å². The second-order valence-corrected chi connectivity index (χ2v) is 10.7. The van der Waals surface area contributed by atoms with Gasteiger partial charge in [0.2, 0.25) is 0 Å². The fourth-order valence-corrected chi connectivity index (χ4v) is 5.78. The van der Waals surface area contributed by atoms with Crippen LogP contribution in [0.4, 0.5) is 0 Å². The van der Waals surface area contributed by atoms with E-state index in [0.29, 0.717) is 41.4 Å². The zero-order chi connectivity index (χ0) is 21.7. The Bertz CT molecular complexity index is 1060. The number of ether oxygens (including phenoxy) is 2. The van der Waals surface area contributed by atoms with E-state index < -0.39 is 7.82 Å². The quantitative estimate of drug-likeness (QED) is 0.183. The average Bonchev–Trinajstić information content (AvgIpc) is 3.44. The van der Waals surface area contributed by atoms with Gasteiger partial charge in [-0.15, -0.1) is 0 Å². The first-order chi connectivity index (χ1) is 15.1. The molecule has 3 heterocycles. The number of phosphoric ester groups is 1. The zero-order valence-corrected chi connectivity index (χ0v) is 20.3. The molecule has 1 aromatic carbocycles. The van der Waals surface area contributed by atoms with E-state index in [1.54, 1.807) is 6.07 Å². The first kappa shape index (κ1) is 22.4. The van der Waals surface area contributed by atoms with Gasteiger partial charge in [-0.2, -0.15) is 0 Å². The minimum atomic E-state index is -3.81. The van der Waals surface area contributed by atoms with Crippen molar-refractivity contribution < 1.29 is 27.6 Å². The van der Waals surface area contributed by atoms with Crippen molar-refractivity contribution in [2.24, 2.45) is 0 Å². The monoisotopic (exact) mass is 511 g/mol. The molecule has 166 valence electrons. The van der Waals surface area contributed by atoms with Crippen LogP contribution >= 0.6 is 7.82 Å². The molecular weight excluding hydrogens is 484 g/mol. The van der Waals surface area contributed by atoms with Crippen LogP contribution in [0.1, 0.15) is 39.5 Å². The molecule has 0 radical (unpaired) electrons. The number of aromatic nitrogens is 1. The molecule has 7 nitrogen and oxygen atoms in total. The number of phosphoric acid groups is 1. The standard InChI is InChI=1S/C22H26NO6PSe/c1-3-5-9-27-30(24,28-10-6-4-2)29-19-14-18(22-8-7-11-31-22)23-17-13-21-20(12-16(17)19)25-15-26-21/h7-8,11-14H,3-6,9-10,15H2,1-2H3. The normalized spacial score (nSPS) is 13.1. The van der Waals surface area contributed by atoms with Crippen LogP contribution in [-0.2, 0) is 13.6 Å². The van der Waals surface area contributed by atoms with Crippen LogP contribution in [-0.4, -0.2) is 39.5 Å². The van der Waals surface area contributed by atoms with Gasteiger partial charge in [0, 0.05) is 0 Å². The summed E-state index contributed by atoms with van der Waals surface area (Å²) in [5.74, 6) is 1.64. The van der Waals surface area contributed by atoms with Gasteiger partial charge in [0.15, 0.2) is 0 Å². The van der Waals surface area contributed by atoms with E-state index in [0.717, 1.165) is 35.8 Å². The fraction of sp³-hybridized carbons (Fsp3) is 0.409. The Balaban J connectivity index is 1.74. The van der Waals surface area contributed by atoms with Gasteiger partial charge >= 0.3 is 188 Å². The molecule has 0 saturated carbocycles. The Morgan fingerprint density at radius 3 is 2.42 bits per heavy atom. The van der Waals surface area contributed by atoms with Crippen LogP contribution in [0, 0.1) is 0 Å². The molecule has 0 fully saturated rings. The molecule has 1 aliphatic rings. The van der Waals surface area contributed by atoms with Crippen molar-refractivity contribution >= 4 is 33.2 Å². The van der Waals surface area contributed by atoms with Crippen molar-refractivity contribution in [3.05, 3.63) is 35.3 Å². The van der Waals surface area contributed by atoms with Gasteiger partial charge in [0.25, 0.3) is 0 Å². The van der Waals surface area contributed by atoms with Gasteiger partial charge in [0.05, 0.1) is 0 Å². The number of benzene rings is 1. The van der Waals surface area contributed by atoms with Crippen LogP contribution in [0.2, 0.25) is 0 Å². The van der Waals surface area contributed by atoms with Crippen molar-refractivity contribution in [2.75, 3.05) is 20.0 Å². The van der Waals surface area contributed by atoms with Crippen molar-refractivity contribution in [2.45, 2.75) is 39.5 Å². The van der Waals surface area contributed by atoms with Crippen LogP contribution in [0.3, 0.4) is 0 Å². The van der Waals surface area contributed by atoms with E-state index in [1.807, 2.05) is 38.1 Å². The Labute approximate surface area is 188 Å². The van der Waals surface area contributed by atoms with Gasteiger partial charge in [-0.05, 0) is 0 Å². The van der Waals surface area contributed by atoms with Crippen molar-refractivity contribution in [3.63, 3.8) is 0 Å². The van der Waals surface area contributed by atoms with E-state index in [2.05, 4.69) is 4.94 Å². The number of unbranched alkanes of at least 4 members (excludes halogenated alkanes) is 2. The number of rotatable bonds is 11. The minimum absolute atomic E-state index is 0.158. The van der Waals surface area contributed by atoms with Crippen LogP contribution in [0.5, 0.6) is 17.2 Å². The molecule has 0 atom stereocenters. The molecule has 2 aromatic heterocycles. The van der Waals surface area contributed by atoms with Crippen LogP contribution in [0.15, 0.2) is 35.3 Å². The molecule has 0 spiro atoms. The predicted octanol–water partition coefficient (Wildman–Crippen LogP) is 5.81. The molecule has 0 unspecified atom stereocenters. The Morgan fingerprint density at radius 1 is 1.06 bits per heavy atom. The van der Waals surface area contributed by atoms with Crippen molar-refractivity contribution in [1.29, 1.82) is 0 Å². The first-order valence-corrected chi connectivity index (χ1v) is 13.8. The summed E-state index contributed by atoms with van der Waals surface area (Å²) >= 11 is 0.188. The Kier molecular flexibility index (Phi) is 7.36. The second kappa shape index (κ2) is 10.2. The van der Waals surface area contributed by atoms with Crippen LogP contribution in [0.25, 0.3) is 21.0 Å². The van der Waals surface area contributed by atoms with Gasteiger partial charge in [-0.25, -0.2) is 0 Å². The maximum atomic E-state index is 13.5. The van der Waals surface area contributed by atoms with E-state index in [9.17, 15) is 4.57 Å². The van der Waals surface area contributed by atoms with Gasteiger partial charge < -0.3 is 0 Å². The molecule has 31 heavy (non-hydrogen) atoms. The molecule has 9 heteroatoms. The molecule has 0 aliphatic carbocycles. The summed E-state index contributed by atoms with van der Waals surface area (Å²) in [6.45, 7) is 4.86. The van der Waals surface area contributed by atoms with E-state index >= 15 is 0 Å². The predicted molar refractivity (Wildman–Crippen MR) is 120 cm³/mol. The Hall–Kier alpha value is -1.82. The summed E-state index contributed by atoms with van der Waals surface area (Å²) in [5, 5.41) is 0.672. The van der Waals surface area contributed by atoms with Crippen LogP contribution < -0.4 is 14.0 Å². The first-order valence-electron chi connectivity index (χ1n) is 10.5. The molecular formula is C22H26NO6PSe. The second-order valence-electron chi connectivity index (χ2n) is 7.12. The van der Waals surface area contributed by atoms with Gasteiger partial charge in [-0.3, -0.25) is 0 Å². The van der Waals surface area contributed by atoms with Gasteiger partial charge in [-0.1, -0.05) is 0 Å². The third-order valence-corrected chi connectivity index (χ3v) is 8.03. The molecule has 0 saturated heterocycles. The van der Waals surface area contributed by atoms with E-state index in [1.165, 1.54) is 0 Å². The third-order valence-electron chi connectivity index (χ3n) is 4.74. The SMILES string of the molecule is CCCCOP(=O)(OCCCC)Oc1cc(-c2ccc[se]2)nc2cc3c(cc12)OCO3. The number of fused-ring (bicyclic) bond motifs is 2. The average molecular weight is 510 g/mol. The molecule has 0 bridgehead atoms. The van der Waals surface area contributed by atoms with E-state index in [-0.39, 0.29) is 21.3 Å². The zero-order valence-electron chi connectivity index (χ0n) is 17.7. The number of hydrogen-bond acceptors (Lipinski definition) is 7. The summed E-state index contributed by atoms with van der Waals surface area (Å²) in [5.41, 5.74) is 1.45. The summed E-state index contributed by atoms with van der Waals surface area (Å²) < 4.78 is 42.9. The molecule has 3 aromatic rings. The number of hydrogen-bond donors (Lipinski definition) is 0. The summed E-state index contributed by atoms with van der Waals surface area (Å²) in [6.07, 6.45) is 3.38. The summed E-state index contributed by atoms with van der Waals surface area (Å²) in [7, 11) is -3.81. The number of nitrogens with zero attached hydrogens (tertiary/aromatic N) is 1. The summed E-state index contributed by atoms with van der Waals surface area (Å²) in [6, 6.07) is 9.50. The Morgan fingerprint density at radius 2 is 1.77 bits per heavy atom. The van der Waals surface area contributed by atoms with E-state index in [4.69, 9.17) is 28.0 Å². The molecule has 0 amide bonds. The topological polar surface area (TPSA) is 76.1 Å². The fourth-order valence-electron chi connectivity index (χ4n) is 3.06. The number of pyridine rings is 1. The third kappa shape index (κ3) is 5.33. The molecule has 0 N–H and O–H groups in total. The summed E-state index contributed by atoms with van der Waals surface area (Å²) in [4.78, 5) is 6.92. The van der Waals surface area contributed by atoms with Gasteiger partial charge in [0.1, 0.15) is 0 Å². The molecule has 4 rings (SSSR count). The van der Waals surface area contributed by atoms with Crippen molar-refractivity contribution in [3.8, 4) is 27.4 Å².